The van der Waals surface area contributed by atoms with Crippen molar-refractivity contribution in [2.24, 2.45) is 0 Å². The number of rotatable bonds is 6. The van der Waals surface area contributed by atoms with Crippen molar-refractivity contribution >= 4 is 5.69 Å². The average molecular weight is 207 g/mol. The van der Waals surface area contributed by atoms with Gasteiger partial charge in [-0.05, 0) is 31.9 Å². The lowest BCUT2D eigenvalue weighted by atomic mass is 10.2. The summed E-state index contributed by atoms with van der Waals surface area (Å²) in [6.45, 7) is 7.38. The lowest BCUT2D eigenvalue weighted by Gasteiger charge is -2.13. The molecule has 0 bridgehead atoms. The van der Waals surface area contributed by atoms with E-state index in [0.29, 0.717) is 0 Å². The van der Waals surface area contributed by atoms with Crippen molar-refractivity contribution in [2.45, 2.75) is 39.7 Å². The van der Waals surface area contributed by atoms with Crippen LogP contribution in [0.2, 0.25) is 0 Å². The Bertz CT molecular complexity index is 286. The van der Waals surface area contributed by atoms with Crippen molar-refractivity contribution < 1.29 is 4.74 Å². The van der Waals surface area contributed by atoms with E-state index in [4.69, 9.17) is 4.74 Å². The van der Waals surface area contributed by atoms with Gasteiger partial charge in [0.25, 0.3) is 0 Å². The van der Waals surface area contributed by atoms with Crippen LogP contribution >= 0.6 is 0 Å². The highest BCUT2D eigenvalue weighted by Crippen LogP contribution is 2.19. The minimum atomic E-state index is 0.284. The second-order valence-corrected chi connectivity index (χ2v) is 3.79. The molecule has 0 heterocycles. The van der Waals surface area contributed by atoms with Gasteiger partial charge in [-0.3, -0.25) is 0 Å². The van der Waals surface area contributed by atoms with Crippen LogP contribution < -0.4 is 10.1 Å². The Balaban J connectivity index is 2.57. The van der Waals surface area contributed by atoms with Crippen molar-refractivity contribution in [1.82, 2.24) is 0 Å². The molecule has 0 aromatic heterocycles. The van der Waals surface area contributed by atoms with E-state index in [1.807, 2.05) is 12.1 Å². The Morgan fingerprint density at radius 3 is 2.80 bits per heavy atom. The number of hydrogen-bond donors (Lipinski definition) is 1. The molecule has 1 atom stereocenters. The summed E-state index contributed by atoms with van der Waals surface area (Å²) in [7, 11) is 0. The van der Waals surface area contributed by atoms with Crippen molar-refractivity contribution in [3.05, 3.63) is 24.3 Å². The first-order chi connectivity index (χ1) is 7.26. The summed E-state index contributed by atoms with van der Waals surface area (Å²) < 4.78 is 5.74. The molecule has 0 aliphatic heterocycles. The topological polar surface area (TPSA) is 21.3 Å². The third-order valence-corrected chi connectivity index (χ3v) is 2.33. The normalized spacial score (nSPS) is 12.2. The monoisotopic (exact) mass is 207 g/mol. The minimum absolute atomic E-state index is 0.284. The first-order valence-electron chi connectivity index (χ1n) is 5.76. The number of benzene rings is 1. The van der Waals surface area contributed by atoms with Gasteiger partial charge in [0.2, 0.25) is 0 Å². The van der Waals surface area contributed by atoms with E-state index < -0.39 is 0 Å². The fourth-order valence-corrected chi connectivity index (χ4v) is 1.26. The minimum Gasteiger partial charge on any atom is -0.491 e. The Hall–Kier alpha value is -1.18. The molecule has 1 rings (SSSR count). The van der Waals surface area contributed by atoms with Crippen LogP contribution in [0.25, 0.3) is 0 Å². The molecule has 1 N–H and O–H groups in total. The lowest BCUT2D eigenvalue weighted by molar-refractivity contribution is 0.217. The maximum absolute atomic E-state index is 5.74. The summed E-state index contributed by atoms with van der Waals surface area (Å²) in [6.07, 6.45) is 2.45. The third kappa shape index (κ3) is 4.24. The van der Waals surface area contributed by atoms with Gasteiger partial charge in [0.1, 0.15) is 5.75 Å². The molecule has 1 unspecified atom stereocenters. The Morgan fingerprint density at radius 2 is 2.13 bits per heavy atom. The fraction of sp³-hybridized carbons (Fsp3) is 0.538. The number of hydrogen-bond acceptors (Lipinski definition) is 2. The summed E-state index contributed by atoms with van der Waals surface area (Å²) >= 11 is 0. The lowest BCUT2D eigenvalue weighted by Crippen LogP contribution is -2.09. The molecule has 0 radical (unpaired) electrons. The molecular weight excluding hydrogens is 186 g/mol. The number of ether oxygens (including phenoxy) is 1. The molecule has 15 heavy (non-hydrogen) atoms. The molecule has 1 aromatic carbocycles. The summed E-state index contributed by atoms with van der Waals surface area (Å²) in [5.74, 6) is 0.949. The standard InChI is InChI=1S/C13H21NO/c1-4-9-14-12-7-6-8-13(10-12)15-11(3)5-2/h6-8,10-11,14H,4-5,9H2,1-3H3. The zero-order chi connectivity index (χ0) is 11.1. The van der Waals surface area contributed by atoms with Gasteiger partial charge in [-0.15, -0.1) is 0 Å². The molecule has 0 aliphatic rings. The third-order valence-electron chi connectivity index (χ3n) is 2.33. The number of nitrogens with one attached hydrogen (secondary N) is 1. The highest BCUT2D eigenvalue weighted by atomic mass is 16.5. The van der Waals surface area contributed by atoms with Gasteiger partial charge < -0.3 is 10.1 Å². The van der Waals surface area contributed by atoms with Crippen LogP contribution in [0.4, 0.5) is 5.69 Å². The molecule has 84 valence electrons. The van der Waals surface area contributed by atoms with E-state index in [1.165, 1.54) is 0 Å². The Morgan fingerprint density at radius 1 is 1.33 bits per heavy atom. The van der Waals surface area contributed by atoms with Gasteiger partial charge in [0.15, 0.2) is 0 Å². The Kier molecular flexibility index (Phi) is 5.02. The molecule has 2 heteroatoms. The molecule has 1 aromatic rings. The van der Waals surface area contributed by atoms with Crippen LogP contribution in [0, 0.1) is 0 Å². The van der Waals surface area contributed by atoms with Crippen LogP contribution in [-0.2, 0) is 0 Å². The molecule has 0 fully saturated rings. The van der Waals surface area contributed by atoms with E-state index >= 15 is 0 Å². The largest absolute Gasteiger partial charge is 0.491 e. The van der Waals surface area contributed by atoms with Crippen LogP contribution in [0.3, 0.4) is 0 Å². The van der Waals surface area contributed by atoms with E-state index in [1.54, 1.807) is 0 Å². The quantitative estimate of drug-likeness (QED) is 0.768. The fourth-order valence-electron chi connectivity index (χ4n) is 1.26. The van der Waals surface area contributed by atoms with E-state index in [9.17, 15) is 0 Å². The SMILES string of the molecule is CCCNc1cccc(OC(C)CC)c1. The van der Waals surface area contributed by atoms with E-state index in [-0.39, 0.29) is 6.10 Å². The molecule has 2 nitrogen and oxygen atoms in total. The predicted molar refractivity (Wildman–Crippen MR) is 65.6 cm³/mol. The summed E-state index contributed by atoms with van der Waals surface area (Å²) in [5, 5.41) is 3.35. The van der Waals surface area contributed by atoms with Crippen molar-refractivity contribution in [1.29, 1.82) is 0 Å². The van der Waals surface area contributed by atoms with E-state index in [0.717, 1.165) is 30.8 Å². The second kappa shape index (κ2) is 6.33. The first kappa shape index (κ1) is 11.9. The Labute approximate surface area is 92.6 Å². The molecule has 0 saturated heterocycles. The molecule has 0 saturated carbocycles. The van der Waals surface area contributed by atoms with Crippen molar-refractivity contribution in [3.8, 4) is 5.75 Å². The van der Waals surface area contributed by atoms with Gasteiger partial charge in [0, 0.05) is 18.3 Å². The zero-order valence-corrected chi connectivity index (χ0v) is 9.92. The summed E-state index contributed by atoms with van der Waals surface area (Å²) in [5.41, 5.74) is 1.14. The predicted octanol–water partition coefficient (Wildman–Crippen LogP) is 3.69. The van der Waals surface area contributed by atoms with Crippen LogP contribution in [0.15, 0.2) is 24.3 Å². The maximum Gasteiger partial charge on any atom is 0.121 e. The highest BCUT2D eigenvalue weighted by Gasteiger charge is 2.01. The highest BCUT2D eigenvalue weighted by molar-refractivity contribution is 5.48. The summed E-state index contributed by atoms with van der Waals surface area (Å²) in [4.78, 5) is 0. The summed E-state index contributed by atoms with van der Waals surface area (Å²) in [6, 6.07) is 8.15. The van der Waals surface area contributed by atoms with E-state index in [2.05, 4.69) is 38.2 Å². The van der Waals surface area contributed by atoms with Gasteiger partial charge >= 0.3 is 0 Å². The molecule has 0 spiro atoms. The van der Waals surface area contributed by atoms with Gasteiger partial charge in [-0.2, -0.15) is 0 Å². The van der Waals surface area contributed by atoms with Crippen LogP contribution in [0.1, 0.15) is 33.6 Å². The first-order valence-corrected chi connectivity index (χ1v) is 5.76. The van der Waals surface area contributed by atoms with Gasteiger partial charge in [-0.1, -0.05) is 19.9 Å². The molecular formula is C13H21NO. The second-order valence-electron chi connectivity index (χ2n) is 3.79. The maximum atomic E-state index is 5.74. The van der Waals surface area contributed by atoms with Crippen LogP contribution in [-0.4, -0.2) is 12.6 Å². The molecule has 0 amide bonds. The smallest absolute Gasteiger partial charge is 0.121 e. The average Bonchev–Trinajstić information content (AvgIpc) is 2.26. The zero-order valence-electron chi connectivity index (χ0n) is 9.92. The van der Waals surface area contributed by atoms with Gasteiger partial charge in [-0.25, -0.2) is 0 Å². The molecule has 0 aliphatic carbocycles. The number of anilines is 1. The van der Waals surface area contributed by atoms with Gasteiger partial charge in [0.05, 0.1) is 6.10 Å². The van der Waals surface area contributed by atoms with Crippen LogP contribution in [0.5, 0.6) is 5.75 Å². The van der Waals surface area contributed by atoms with Crippen molar-refractivity contribution in [2.75, 3.05) is 11.9 Å². The van der Waals surface area contributed by atoms with Crippen molar-refractivity contribution in [3.63, 3.8) is 0 Å².